The van der Waals surface area contributed by atoms with Gasteiger partial charge >= 0.3 is 0 Å². The van der Waals surface area contributed by atoms with Gasteiger partial charge < -0.3 is 4.74 Å². The summed E-state index contributed by atoms with van der Waals surface area (Å²) in [7, 11) is -0.431. The average Bonchev–Trinajstić information content (AvgIpc) is 3.71. The zero-order valence-corrected chi connectivity index (χ0v) is 23.1. The van der Waals surface area contributed by atoms with E-state index in [-0.39, 0.29) is 23.1 Å². The Labute approximate surface area is 229 Å². The van der Waals surface area contributed by atoms with Crippen LogP contribution in [0.2, 0.25) is 0 Å². The summed E-state index contributed by atoms with van der Waals surface area (Å²) in [5.74, 6) is 1.47. The number of hydrogen-bond donors (Lipinski definition) is 0. The number of benzene rings is 3. The third-order valence-electron chi connectivity index (χ3n) is 7.49. The van der Waals surface area contributed by atoms with Crippen LogP contribution in [0.15, 0.2) is 96.0 Å². The van der Waals surface area contributed by atoms with Gasteiger partial charge in [-0.1, -0.05) is 130 Å². The first-order chi connectivity index (χ1) is 17.4. The van der Waals surface area contributed by atoms with Crippen molar-refractivity contribution in [3.63, 3.8) is 0 Å². The van der Waals surface area contributed by atoms with Gasteiger partial charge in [0.15, 0.2) is 5.90 Å². The molecule has 0 amide bonds. The predicted octanol–water partition coefficient (Wildman–Crippen LogP) is 7.28. The summed E-state index contributed by atoms with van der Waals surface area (Å²) < 4.78 is 6.23. The van der Waals surface area contributed by atoms with Gasteiger partial charge in [0.1, 0.15) is 6.61 Å². The molecule has 0 aromatic heterocycles. The Kier molecular flexibility index (Phi) is 10.6. The van der Waals surface area contributed by atoms with Gasteiger partial charge in [-0.05, 0) is 49.0 Å². The van der Waals surface area contributed by atoms with Crippen LogP contribution in [0.5, 0.6) is 0 Å². The number of nitrogens with zero attached hydrogens (tertiary/aromatic N) is 1. The van der Waals surface area contributed by atoms with Crippen LogP contribution in [0.4, 0.5) is 0 Å². The van der Waals surface area contributed by atoms with Crippen molar-refractivity contribution in [2.75, 3.05) is 6.61 Å². The Balaban J connectivity index is 0.000000455. The molecule has 2 nitrogen and oxygen atoms in total. The van der Waals surface area contributed by atoms with E-state index in [1.807, 2.05) is 0 Å². The fourth-order valence-electron chi connectivity index (χ4n) is 5.76. The topological polar surface area (TPSA) is 21.6 Å². The molecule has 1 aliphatic heterocycles. The molecule has 2 fully saturated rings. The monoisotopic (exact) mass is 539 g/mol. The molecule has 2 unspecified atom stereocenters. The minimum Gasteiger partial charge on any atom is -0.478 e. The Hall–Kier alpha value is -1.92. The molecular weight excluding hydrogens is 501 g/mol. The van der Waals surface area contributed by atoms with E-state index in [9.17, 15) is 0 Å². The van der Waals surface area contributed by atoms with Gasteiger partial charge in [-0.15, -0.1) is 0 Å². The first-order valence-corrected chi connectivity index (χ1v) is 14.9. The maximum Gasteiger partial charge on any atom is 0.187 e. The van der Waals surface area contributed by atoms with Crippen LogP contribution in [-0.4, -0.2) is 24.2 Å². The molecule has 0 N–H and O–H groups in total. The van der Waals surface area contributed by atoms with Crippen LogP contribution in [0.1, 0.15) is 56.9 Å². The van der Waals surface area contributed by atoms with Crippen molar-refractivity contribution >= 4 is 24.4 Å². The molecule has 3 atom stereocenters. The third-order valence-corrected chi connectivity index (χ3v) is 10.5. The van der Waals surface area contributed by atoms with Crippen LogP contribution >= 0.6 is 7.92 Å². The van der Waals surface area contributed by atoms with Crippen molar-refractivity contribution in [1.29, 1.82) is 0 Å². The zero-order chi connectivity index (χ0) is 23.7. The first kappa shape index (κ1) is 27.1. The molecule has 2 saturated carbocycles. The van der Waals surface area contributed by atoms with Crippen LogP contribution in [0, 0.1) is 5.92 Å². The second kappa shape index (κ2) is 14.1. The molecular formula is C32H38FeNOP. The second-order valence-corrected chi connectivity index (χ2v) is 12.5. The summed E-state index contributed by atoms with van der Waals surface area (Å²) >= 11 is 0. The molecule has 36 heavy (non-hydrogen) atoms. The van der Waals surface area contributed by atoms with Gasteiger partial charge in [0.2, 0.25) is 0 Å². The van der Waals surface area contributed by atoms with Crippen molar-refractivity contribution in [2.45, 2.75) is 69.5 Å². The minimum atomic E-state index is -0.431. The smallest absolute Gasteiger partial charge is 0.187 e. The Morgan fingerprint density at radius 2 is 1.19 bits per heavy atom. The summed E-state index contributed by atoms with van der Waals surface area (Å²) in [6.45, 7) is 0.724. The van der Waals surface area contributed by atoms with Crippen molar-refractivity contribution in [3.05, 3.63) is 96.6 Å². The maximum atomic E-state index is 6.23. The Morgan fingerprint density at radius 3 is 1.75 bits per heavy atom. The molecule has 3 aliphatic rings. The van der Waals surface area contributed by atoms with Crippen molar-refractivity contribution in [2.24, 2.45) is 10.9 Å². The molecule has 0 spiro atoms. The summed E-state index contributed by atoms with van der Waals surface area (Å²) in [4.78, 5) is 5.09. The van der Waals surface area contributed by atoms with Gasteiger partial charge in [0, 0.05) is 23.0 Å². The summed E-state index contributed by atoms with van der Waals surface area (Å²) in [5.41, 5.74) is 1.94. The van der Waals surface area contributed by atoms with E-state index in [4.69, 9.17) is 9.73 Å². The Morgan fingerprint density at radius 1 is 0.667 bits per heavy atom. The fraction of sp³-hybridized carbons (Fsp3) is 0.406. The molecule has 0 bridgehead atoms. The minimum absolute atomic E-state index is 0. The average molecular weight is 539 g/mol. The standard InChI is InChI=1S/C27H28NOP.C5H10.Fe/c1-4-11-21(12-5-1)19-22-20-29-27(28-22)25-17-10-18-26(25)30(23-13-6-2-7-14-23)24-15-8-3-9-16-24;1-2-4-5-3-1;/h1-9,11-16,22,25-26H,10,17-20H2;1-5H2;/t22-,25?,26?;;/m1../s1. The zero-order valence-electron chi connectivity index (χ0n) is 21.1. The fourth-order valence-corrected chi connectivity index (χ4v) is 8.89. The van der Waals surface area contributed by atoms with E-state index in [0.717, 1.165) is 18.9 Å². The second-order valence-electron chi connectivity index (χ2n) is 10.0. The van der Waals surface area contributed by atoms with E-state index in [2.05, 4.69) is 91.0 Å². The van der Waals surface area contributed by atoms with E-state index in [0.29, 0.717) is 11.6 Å². The summed E-state index contributed by atoms with van der Waals surface area (Å²) in [6, 6.07) is 33.1. The molecule has 1 heterocycles. The first-order valence-electron chi connectivity index (χ1n) is 13.5. The van der Waals surface area contributed by atoms with Crippen molar-refractivity contribution < 1.29 is 21.8 Å². The van der Waals surface area contributed by atoms with Gasteiger partial charge in [-0.2, -0.15) is 0 Å². The van der Waals surface area contributed by atoms with E-state index in [1.165, 1.54) is 67.5 Å². The normalized spacial score (nSPS) is 22.8. The number of hydrogen-bond acceptors (Lipinski definition) is 2. The van der Waals surface area contributed by atoms with Crippen molar-refractivity contribution in [3.8, 4) is 0 Å². The van der Waals surface area contributed by atoms with Gasteiger partial charge in [0.05, 0.1) is 6.04 Å². The SMILES string of the molecule is C1CCCC1.[Fe].c1ccc(C[C@@H]2COC(C3CCCC3P(c3ccccc3)c3ccccc3)=N2)cc1. The maximum absolute atomic E-state index is 6.23. The molecule has 4 heteroatoms. The largest absolute Gasteiger partial charge is 0.478 e. The molecule has 2 aliphatic carbocycles. The summed E-state index contributed by atoms with van der Waals surface area (Å²) in [6.07, 6.45) is 12.2. The number of ether oxygens (including phenoxy) is 1. The molecule has 3 aromatic rings. The third kappa shape index (κ3) is 7.10. The van der Waals surface area contributed by atoms with Gasteiger partial charge in [-0.3, -0.25) is 0 Å². The number of rotatable bonds is 6. The van der Waals surface area contributed by atoms with E-state index < -0.39 is 7.92 Å². The van der Waals surface area contributed by atoms with Crippen molar-refractivity contribution in [1.82, 2.24) is 0 Å². The quantitative estimate of drug-likeness (QED) is 0.238. The molecule has 6 rings (SSSR count). The Bertz CT molecular complexity index is 1010. The van der Waals surface area contributed by atoms with Crippen LogP contribution < -0.4 is 10.6 Å². The molecule has 0 saturated heterocycles. The van der Waals surface area contributed by atoms with E-state index >= 15 is 0 Å². The molecule has 3 aromatic carbocycles. The van der Waals surface area contributed by atoms with Crippen LogP contribution in [0.3, 0.4) is 0 Å². The van der Waals surface area contributed by atoms with Gasteiger partial charge in [-0.25, -0.2) is 4.99 Å². The van der Waals surface area contributed by atoms with E-state index in [1.54, 1.807) is 0 Å². The van der Waals surface area contributed by atoms with Crippen LogP contribution in [0.25, 0.3) is 0 Å². The van der Waals surface area contributed by atoms with Gasteiger partial charge in [0.25, 0.3) is 0 Å². The predicted molar refractivity (Wildman–Crippen MR) is 151 cm³/mol. The molecule has 0 radical (unpaired) electrons. The molecule has 190 valence electrons. The number of aliphatic imine (C=N–C) groups is 1. The summed E-state index contributed by atoms with van der Waals surface area (Å²) in [5, 5.41) is 2.94. The van der Waals surface area contributed by atoms with Crippen LogP contribution in [-0.2, 0) is 28.2 Å².